The Kier molecular flexibility index (Phi) is 6.93. The van der Waals surface area contributed by atoms with Gasteiger partial charge in [-0.2, -0.15) is 0 Å². The van der Waals surface area contributed by atoms with Crippen molar-refractivity contribution in [2.45, 2.75) is 6.54 Å². The highest BCUT2D eigenvalue weighted by Crippen LogP contribution is 2.34. The third-order valence-electron chi connectivity index (χ3n) is 5.10. The van der Waals surface area contributed by atoms with Crippen LogP contribution in [0.5, 0.6) is 11.5 Å². The molecule has 9 nitrogen and oxygen atoms in total. The molecule has 176 valence electrons. The first-order valence-electron chi connectivity index (χ1n) is 10.3. The number of nitrogens with zero attached hydrogens (tertiary/aromatic N) is 2. The monoisotopic (exact) mass is 490 g/mol. The Bertz CT molecular complexity index is 1330. The van der Waals surface area contributed by atoms with Gasteiger partial charge in [0.2, 0.25) is 0 Å². The number of hydrogen-bond acceptors (Lipinski definition) is 8. The van der Waals surface area contributed by atoms with Crippen LogP contribution in [0.3, 0.4) is 0 Å². The number of thioether (sulfide) groups is 1. The fraction of sp³-hybridized carbons (Fsp3) is 0.0800. The highest BCUT2D eigenvalue weighted by atomic mass is 32.2. The highest BCUT2D eigenvalue weighted by molar-refractivity contribution is 8.18. The smallest absolute Gasteiger partial charge is 0.343 e. The quantitative estimate of drug-likeness (QED) is 0.148. The Labute approximate surface area is 204 Å². The van der Waals surface area contributed by atoms with Crippen LogP contribution in [0.25, 0.3) is 6.08 Å². The van der Waals surface area contributed by atoms with Crippen LogP contribution in [-0.4, -0.2) is 34.0 Å². The van der Waals surface area contributed by atoms with E-state index in [1.165, 1.54) is 25.3 Å². The van der Waals surface area contributed by atoms with Crippen molar-refractivity contribution in [3.63, 3.8) is 0 Å². The van der Waals surface area contributed by atoms with Crippen molar-refractivity contribution >= 4 is 40.6 Å². The molecule has 10 heteroatoms. The summed E-state index contributed by atoms with van der Waals surface area (Å²) in [6.45, 7) is -0.195. The average molecular weight is 490 g/mol. The van der Waals surface area contributed by atoms with Gasteiger partial charge < -0.3 is 9.47 Å². The van der Waals surface area contributed by atoms with Gasteiger partial charge in [0.1, 0.15) is 11.5 Å². The standard InChI is InChI=1S/C25H18N2O7S/c1-33-19-12-8-17(9-13-19)24(29)34-20-10-6-16(7-11-20)14-22-23(28)26(25(30)35-22)15-18-4-2-3-5-21(18)27(31)32/h2-14H,15H2,1H3. The summed E-state index contributed by atoms with van der Waals surface area (Å²) in [5.74, 6) is -0.130. The number of carbonyl (C=O) groups is 3. The molecule has 1 fully saturated rings. The van der Waals surface area contributed by atoms with Gasteiger partial charge in [0.15, 0.2) is 0 Å². The minimum Gasteiger partial charge on any atom is -0.497 e. The van der Waals surface area contributed by atoms with E-state index in [4.69, 9.17) is 9.47 Å². The first kappa shape index (κ1) is 23.7. The summed E-state index contributed by atoms with van der Waals surface area (Å²) in [4.78, 5) is 49.4. The van der Waals surface area contributed by atoms with Gasteiger partial charge in [-0.25, -0.2) is 4.79 Å². The molecule has 1 aliphatic heterocycles. The van der Waals surface area contributed by atoms with E-state index in [0.29, 0.717) is 22.6 Å². The van der Waals surface area contributed by atoms with Crippen LogP contribution >= 0.6 is 11.8 Å². The number of para-hydroxylation sites is 1. The van der Waals surface area contributed by atoms with E-state index in [0.717, 1.165) is 16.7 Å². The van der Waals surface area contributed by atoms with Crippen molar-refractivity contribution in [1.82, 2.24) is 4.90 Å². The van der Waals surface area contributed by atoms with E-state index in [1.807, 2.05) is 0 Å². The molecule has 1 heterocycles. The first-order valence-corrected chi connectivity index (χ1v) is 11.1. The lowest BCUT2D eigenvalue weighted by Crippen LogP contribution is -2.27. The number of esters is 1. The maximum Gasteiger partial charge on any atom is 0.343 e. The highest BCUT2D eigenvalue weighted by Gasteiger charge is 2.36. The Balaban J connectivity index is 1.44. The number of benzene rings is 3. The molecule has 1 aliphatic rings. The molecule has 4 rings (SSSR count). The minimum absolute atomic E-state index is 0.157. The minimum atomic E-state index is -0.548. The molecule has 0 radical (unpaired) electrons. The summed E-state index contributed by atoms with van der Waals surface area (Å²) in [5.41, 5.74) is 1.09. The van der Waals surface area contributed by atoms with Crippen molar-refractivity contribution in [3.8, 4) is 11.5 Å². The SMILES string of the molecule is COc1ccc(C(=O)Oc2ccc(C=C3SC(=O)N(Cc4ccccc4[N+](=O)[O-])C3=O)cc2)cc1. The van der Waals surface area contributed by atoms with Gasteiger partial charge in [0.05, 0.1) is 29.0 Å². The van der Waals surface area contributed by atoms with E-state index in [1.54, 1.807) is 60.7 Å². The molecule has 3 aromatic carbocycles. The zero-order chi connectivity index (χ0) is 24.9. The van der Waals surface area contributed by atoms with E-state index in [9.17, 15) is 24.5 Å². The molecule has 0 atom stereocenters. The van der Waals surface area contributed by atoms with Crippen LogP contribution in [0.15, 0.2) is 77.7 Å². The molecule has 35 heavy (non-hydrogen) atoms. The fourth-order valence-electron chi connectivity index (χ4n) is 3.31. The van der Waals surface area contributed by atoms with Gasteiger partial charge in [0, 0.05) is 11.6 Å². The van der Waals surface area contributed by atoms with Crippen molar-refractivity contribution < 1.29 is 28.8 Å². The third-order valence-corrected chi connectivity index (χ3v) is 6.01. The van der Waals surface area contributed by atoms with Crippen molar-refractivity contribution in [2.75, 3.05) is 7.11 Å². The van der Waals surface area contributed by atoms with E-state index in [2.05, 4.69) is 0 Å². The van der Waals surface area contributed by atoms with Crippen LogP contribution in [0.2, 0.25) is 0 Å². The summed E-state index contributed by atoms with van der Waals surface area (Å²) in [6.07, 6.45) is 1.54. The summed E-state index contributed by atoms with van der Waals surface area (Å²) < 4.78 is 10.4. The number of methoxy groups -OCH3 is 1. The summed E-state index contributed by atoms with van der Waals surface area (Å²) in [5, 5.41) is 10.7. The maximum absolute atomic E-state index is 12.8. The van der Waals surface area contributed by atoms with Crippen LogP contribution in [0.4, 0.5) is 10.5 Å². The number of carbonyl (C=O) groups excluding carboxylic acids is 3. The second-order valence-corrected chi connectivity index (χ2v) is 8.33. The van der Waals surface area contributed by atoms with Crippen molar-refractivity contribution in [2.24, 2.45) is 0 Å². The molecule has 0 unspecified atom stereocenters. The molecular weight excluding hydrogens is 472 g/mol. The van der Waals surface area contributed by atoms with Gasteiger partial charge in [-0.15, -0.1) is 0 Å². The Morgan fingerprint density at radius 1 is 1.00 bits per heavy atom. The van der Waals surface area contributed by atoms with Crippen LogP contribution in [0, 0.1) is 10.1 Å². The van der Waals surface area contributed by atoms with E-state index < -0.39 is 22.0 Å². The Hall–Kier alpha value is -4.44. The van der Waals surface area contributed by atoms with E-state index >= 15 is 0 Å². The van der Waals surface area contributed by atoms with Gasteiger partial charge in [-0.1, -0.05) is 30.3 Å². The maximum atomic E-state index is 12.8. The number of imide groups is 1. The number of ether oxygens (including phenoxy) is 2. The molecule has 2 amide bonds. The van der Waals surface area contributed by atoms with Crippen molar-refractivity contribution in [3.05, 3.63) is 105 Å². The molecule has 1 saturated heterocycles. The predicted octanol–water partition coefficient (Wildman–Crippen LogP) is 5.06. The fourth-order valence-corrected chi connectivity index (χ4v) is 4.14. The van der Waals surface area contributed by atoms with Gasteiger partial charge in [-0.3, -0.25) is 24.6 Å². The lowest BCUT2D eigenvalue weighted by molar-refractivity contribution is -0.385. The van der Waals surface area contributed by atoms with Crippen LogP contribution in [-0.2, 0) is 11.3 Å². The Morgan fingerprint density at radius 3 is 2.31 bits per heavy atom. The van der Waals surface area contributed by atoms with Gasteiger partial charge in [0.25, 0.3) is 16.8 Å². The number of amides is 2. The van der Waals surface area contributed by atoms with Gasteiger partial charge in [-0.05, 0) is 59.8 Å². The lowest BCUT2D eigenvalue weighted by atomic mass is 10.1. The largest absolute Gasteiger partial charge is 0.497 e. The number of rotatable bonds is 7. The van der Waals surface area contributed by atoms with Crippen molar-refractivity contribution in [1.29, 1.82) is 0 Å². The average Bonchev–Trinajstić information content (AvgIpc) is 3.12. The Morgan fingerprint density at radius 2 is 1.66 bits per heavy atom. The summed E-state index contributed by atoms with van der Waals surface area (Å²) in [7, 11) is 1.53. The zero-order valence-electron chi connectivity index (χ0n) is 18.4. The molecule has 0 N–H and O–H groups in total. The van der Waals surface area contributed by atoms with E-state index in [-0.39, 0.29) is 22.7 Å². The molecular formula is C25H18N2O7S. The first-order chi connectivity index (χ1) is 16.9. The lowest BCUT2D eigenvalue weighted by Gasteiger charge is -2.12. The van der Waals surface area contributed by atoms with Crippen LogP contribution in [0.1, 0.15) is 21.5 Å². The third kappa shape index (κ3) is 5.39. The zero-order valence-corrected chi connectivity index (χ0v) is 19.2. The number of hydrogen-bond donors (Lipinski definition) is 0. The van der Waals surface area contributed by atoms with Gasteiger partial charge >= 0.3 is 5.97 Å². The second kappa shape index (κ2) is 10.2. The molecule has 0 aliphatic carbocycles. The number of nitro groups is 1. The molecule has 0 saturated carbocycles. The molecule has 0 spiro atoms. The summed E-state index contributed by atoms with van der Waals surface area (Å²) >= 11 is 0.758. The molecule has 3 aromatic rings. The predicted molar refractivity (Wildman–Crippen MR) is 129 cm³/mol. The number of nitro benzene ring substituents is 1. The molecule has 0 aromatic heterocycles. The summed E-state index contributed by atoms with van der Waals surface area (Å²) in [6, 6.07) is 18.9. The molecule has 0 bridgehead atoms. The topological polar surface area (TPSA) is 116 Å². The van der Waals surface area contributed by atoms with Crippen LogP contribution < -0.4 is 9.47 Å². The second-order valence-electron chi connectivity index (χ2n) is 7.34. The normalized spacial score (nSPS) is 14.3.